The summed E-state index contributed by atoms with van der Waals surface area (Å²) in [6, 6.07) is 38.2. The van der Waals surface area contributed by atoms with E-state index in [9.17, 15) is 14.4 Å². The van der Waals surface area contributed by atoms with Crippen molar-refractivity contribution < 1.29 is 23.9 Å². The van der Waals surface area contributed by atoms with Gasteiger partial charge in [0.1, 0.15) is 24.2 Å². The van der Waals surface area contributed by atoms with Gasteiger partial charge in [0.15, 0.2) is 11.5 Å². The maximum Gasteiger partial charge on any atom is 0.272 e. The summed E-state index contributed by atoms with van der Waals surface area (Å²) in [6.07, 6.45) is 1.62. The number of benzene rings is 5. The van der Waals surface area contributed by atoms with E-state index in [1.54, 1.807) is 60.7 Å². The Kier molecular flexibility index (Phi) is 10.5. The van der Waals surface area contributed by atoms with Crippen molar-refractivity contribution in [2.45, 2.75) is 10.1 Å². The fourth-order valence-electron chi connectivity index (χ4n) is 4.85. The Labute approximate surface area is 290 Å². The summed E-state index contributed by atoms with van der Waals surface area (Å²) >= 11 is 4.81. The molecule has 3 N–H and O–H groups in total. The van der Waals surface area contributed by atoms with Gasteiger partial charge < -0.3 is 25.4 Å². The normalized spacial score (nSPS) is 12.8. The van der Waals surface area contributed by atoms with Crippen LogP contribution >= 0.6 is 27.7 Å². The third-order valence-electron chi connectivity index (χ3n) is 7.23. The molecule has 0 aromatic heterocycles. The molecule has 0 saturated heterocycles. The van der Waals surface area contributed by atoms with Gasteiger partial charge in [-0.05, 0) is 77.9 Å². The van der Waals surface area contributed by atoms with E-state index in [0.29, 0.717) is 41.7 Å². The number of amides is 3. The molecular weight excluding hydrogens is 690 g/mol. The van der Waals surface area contributed by atoms with Crippen molar-refractivity contribution in [1.29, 1.82) is 0 Å². The standard InChI is InChI=1S/C38H30BrN3O5S/c39-28-13-11-25(12-14-28)23-32(42-36(43)27-9-5-2-6-10-27)37(44)40-29-15-18-31(19-16-29)48-35(26-7-3-1-4-8-26)38(45)41-30-17-20-33-34(24-30)47-22-21-46-33/h1-20,23-24,35H,21-22H2,(H,40,44)(H,41,45)(H,42,43)/b32-23-. The number of nitrogens with one attached hydrogen (secondary N) is 3. The molecule has 6 rings (SSSR count). The molecule has 1 unspecified atom stereocenters. The van der Waals surface area contributed by atoms with E-state index in [2.05, 4.69) is 31.9 Å². The Hall–Kier alpha value is -5.32. The second kappa shape index (κ2) is 15.5. The number of carbonyl (C=O) groups excluding carboxylic acids is 3. The van der Waals surface area contributed by atoms with Crippen molar-refractivity contribution in [2.24, 2.45) is 0 Å². The molecule has 48 heavy (non-hydrogen) atoms. The molecule has 1 atom stereocenters. The number of thioether (sulfide) groups is 1. The van der Waals surface area contributed by atoms with Crippen molar-refractivity contribution in [3.05, 3.63) is 154 Å². The van der Waals surface area contributed by atoms with Gasteiger partial charge in [-0.1, -0.05) is 76.6 Å². The first kappa shape index (κ1) is 32.6. The summed E-state index contributed by atoms with van der Waals surface area (Å²) in [4.78, 5) is 40.9. The zero-order chi connectivity index (χ0) is 33.3. The van der Waals surface area contributed by atoms with Gasteiger partial charge in [0.2, 0.25) is 5.91 Å². The van der Waals surface area contributed by atoms with E-state index in [0.717, 1.165) is 20.5 Å². The van der Waals surface area contributed by atoms with Crippen molar-refractivity contribution in [3.63, 3.8) is 0 Å². The van der Waals surface area contributed by atoms with Crippen LogP contribution in [0, 0.1) is 0 Å². The van der Waals surface area contributed by atoms with Crippen LogP contribution in [0.25, 0.3) is 6.08 Å². The van der Waals surface area contributed by atoms with E-state index in [1.165, 1.54) is 11.8 Å². The average molecular weight is 721 g/mol. The van der Waals surface area contributed by atoms with E-state index in [-0.39, 0.29) is 11.6 Å². The molecule has 0 saturated carbocycles. The summed E-state index contributed by atoms with van der Waals surface area (Å²) in [6.45, 7) is 0.942. The number of anilines is 2. The topological polar surface area (TPSA) is 106 Å². The van der Waals surface area contributed by atoms with Crippen LogP contribution in [0.15, 0.2) is 142 Å². The Morgan fingerprint density at radius 2 is 1.35 bits per heavy atom. The van der Waals surface area contributed by atoms with E-state index < -0.39 is 17.1 Å². The summed E-state index contributed by atoms with van der Waals surface area (Å²) in [5.41, 5.74) is 3.23. The van der Waals surface area contributed by atoms with E-state index in [1.807, 2.05) is 72.8 Å². The van der Waals surface area contributed by atoms with Crippen LogP contribution in [-0.4, -0.2) is 30.9 Å². The smallest absolute Gasteiger partial charge is 0.272 e. The van der Waals surface area contributed by atoms with Gasteiger partial charge in [-0.25, -0.2) is 0 Å². The van der Waals surface area contributed by atoms with Crippen molar-refractivity contribution >= 4 is 62.9 Å². The Morgan fingerprint density at radius 1 is 0.708 bits per heavy atom. The van der Waals surface area contributed by atoms with Crippen LogP contribution in [0.2, 0.25) is 0 Å². The molecular formula is C38H30BrN3O5S. The molecule has 1 heterocycles. The molecule has 8 nitrogen and oxygen atoms in total. The highest BCUT2D eigenvalue weighted by Gasteiger charge is 2.23. The van der Waals surface area contributed by atoms with Crippen molar-refractivity contribution in [3.8, 4) is 11.5 Å². The maximum absolute atomic E-state index is 13.6. The molecule has 1 aliphatic rings. The lowest BCUT2D eigenvalue weighted by molar-refractivity contribution is -0.116. The van der Waals surface area contributed by atoms with Gasteiger partial charge in [0, 0.05) is 32.4 Å². The first-order valence-corrected chi connectivity index (χ1v) is 16.8. The molecule has 0 bridgehead atoms. The lowest BCUT2D eigenvalue weighted by atomic mass is 10.1. The minimum absolute atomic E-state index is 0.0876. The summed E-state index contributed by atoms with van der Waals surface area (Å²) in [7, 11) is 0. The number of ether oxygens (including phenoxy) is 2. The van der Waals surface area contributed by atoms with Gasteiger partial charge in [0.25, 0.3) is 11.8 Å². The van der Waals surface area contributed by atoms with Crippen LogP contribution in [0.4, 0.5) is 11.4 Å². The van der Waals surface area contributed by atoms with Gasteiger partial charge in [-0.3, -0.25) is 14.4 Å². The summed E-state index contributed by atoms with van der Waals surface area (Å²) in [5.74, 6) is 0.160. The molecule has 0 spiro atoms. The Bertz CT molecular complexity index is 1940. The monoisotopic (exact) mass is 719 g/mol. The highest BCUT2D eigenvalue weighted by Crippen LogP contribution is 2.38. The van der Waals surface area contributed by atoms with Crippen molar-refractivity contribution in [2.75, 3.05) is 23.8 Å². The second-order valence-electron chi connectivity index (χ2n) is 10.7. The van der Waals surface area contributed by atoms with Crippen LogP contribution in [0.3, 0.4) is 0 Å². The van der Waals surface area contributed by atoms with Gasteiger partial charge >= 0.3 is 0 Å². The Balaban J connectivity index is 1.17. The number of rotatable bonds is 10. The molecule has 10 heteroatoms. The zero-order valence-corrected chi connectivity index (χ0v) is 27.9. The molecule has 3 amide bonds. The molecule has 5 aromatic rings. The van der Waals surface area contributed by atoms with Crippen molar-refractivity contribution in [1.82, 2.24) is 5.32 Å². The molecule has 0 aliphatic carbocycles. The first-order valence-electron chi connectivity index (χ1n) is 15.1. The van der Waals surface area contributed by atoms with E-state index in [4.69, 9.17) is 9.47 Å². The quantitative estimate of drug-likeness (QED) is 0.0995. The molecule has 0 radical (unpaired) electrons. The number of hydrogen-bond donors (Lipinski definition) is 3. The lowest BCUT2D eigenvalue weighted by Gasteiger charge is -2.20. The lowest BCUT2D eigenvalue weighted by Crippen LogP contribution is -2.30. The molecule has 1 aliphatic heterocycles. The average Bonchev–Trinajstić information content (AvgIpc) is 3.12. The number of carbonyl (C=O) groups is 3. The highest BCUT2D eigenvalue weighted by molar-refractivity contribution is 9.10. The van der Waals surface area contributed by atoms with Crippen LogP contribution in [0.1, 0.15) is 26.7 Å². The minimum atomic E-state index is -0.562. The fourth-order valence-corrected chi connectivity index (χ4v) is 6.14. The Morgan fingerprint density at radius 3 is 2.06 bits per heavy atom. The summed E-state index contributed by atoms with van der Waals surface area (Å²) < 4.78 is 12.2. The molecule has 0 fully saturated rings. The summed E-state index contributed by atoms with van der Waals surface area (Å²) in [5, 5.41) is 8.09. The predicted octanol–water partition coefficient (Wildman–Crippen LogP) is 8.10. The fraction of sp³-hybridized carbons (Fsp3) is 0.0789. The molecule has 240 valence electrons. The largest absolute Gasteiger partial charge is 0.486 e. The number of fused-ring (bicyclic) bond motifs is 1. The third kappa shape index (κ3) is 8.52. The van der Waals surface area contributed by atoms with Gasteiger partial charge in [0.05, 0.1) is 0 Å². The zero-order valence-electron chi connectivity index (χ0n) is 25.5. The SMILES string of the molecule is O=C(Nc1ccc(SC(C(=O)Nc2ccc3c(c2)OCCO3)c2ccccc2)cc1)/C(=C/c1ccc(Br)cc1)NC(=O)c1ccccc1. The second-order valence-corrected chi connectivity index (χ2v) is 12.8. The number of hydrogen-bond acceptors (Lipinski definition) is 6. The number of halogens is 1. The molecule has 5 aromatic carbocycles. The minimum Gasteiger partial charge on any atom is -0.486 e. The third-order valence-corrected chi connectivity index (χ3v) is 9.02. The van der Waals surface area contributed by atoms with Gasteiger partial charge in [-0.2, -0.15) is 0 Å². The predicted molar refractivity (Wildman–Crippen MR) is 192 cm³/mol. The maximum atomic E-state index is 13.6. The highest BCUT2D eigenvalue weighted by atomic mass is 79.9. The van der Waals surface area contributed by atoms with Gasteiger partial charge in [-0.15, -0.1) is 11.8 Å². The van der Waals surface area contributed by atoms with E-state index >= 15 is 0 Å². The van der Waals surface area contributed by atoms with Crippen LogP contribution < -0.4 is 25.4 Å². The van der Waals surface area contributed by atoms with Crippen LogP contribution in [0.5, 0.6) is 11.5 Å². The first-order chi connectivity index (χ1) is 23.4. The van der Waals surface area contributed by atoms with Crippen LogP contribution in [-0.2, 0) is 9.59 Å².